The SMILES string of the molecule is CC[C@H](C(=O)[O-])n1cnc2sc3c(c2c1=O)CC[C@@H](C)C3. The minimum absolute atomic E-state index is 0.247. The van der Waals surface area contributed by atoms with Crippen LogP contribution in [-0.4, -0.2) is 15.5 Å². The molecular weight excluding hydrogens is 288 g/mol. The Morgan fingerprint density at radius 1 is 1.62 bits per heavy atom. The highest BCUT2D eigenvalue weighted by Gasteiger charge is 2.24. The number of aryl methyl sites for hydroxylation is 1. The highest BCUT2D eigenvalue weighted by atomic mass is 32.1. The molecule has 0 saturated heterocycles. The Labute approximate surface area is 126 Å². The van der Waals surface area contributed by atoms with Gasteiger partial charge in [-0.05, 0) is 37.2 Å². The molecule has 3 rings (SSSR count). The first-order valence-electron chi connectivity index (χ1n) is 7.25. The first kappa shape index (κ1) is 14.3. The number of carbonyl (C=O) groups is 1. The number of nitrogens with zero attached hydrogens (tertiary/aromatic N) is 2. The summed E-state index contributed by atoms with van der Waals surface area (Å²) in [7, 11) is 0. The van der Waals surface area contributed by atoms with E-state index in [1.54, 1.807) is 18.3 Å². The van der Waals surface area contributed by atoms with Crippen molar-refractivity contribution in [2.75, 3.05) is 0 Å². The van der Waals surface area contributed by atoms with Crippen LogP contribution < -0.4 is 10.7 Å². The predicted molar refractivity (Wildman–Crippen MR) is 79.4 cm³/mol. The highest BCUT2D eigenvalue weighted by Crippen LogP contribution is 2.35. The van der Waals surface area contributed by atoms with E-state index < -0.39 is 12.0 Å². The lowest BCUT2D eigenvalue weighted by Crippen LogP contribution is -2.38. The summed E-state index contributed by atoms with van der Waals surface area (Å²) in [5.74, 6) is -0.613. The molecule has 5 nitrogen and oxygen atoms in total. The van der Waals surface area contributed by atoms with Crippen molar-refractivity contribution in [1.29, 1.82) is 0 Å². The van der Waals surface area contributed by atoms with Gasteiger partial charge in [-0.3, -0.25) is 9.36 Å². The number of hydrogen-bond acceptors (Lipinski definition) is 5. The lowest BCUT2D eigenvalue weighted by atomic mass is 9.89. The molecule has 0 saturated carbocycles. The van der Waals surface area contributed by atoms with Crippen LogP contribution in [-0.2, 0) is 17.6 Å². The maximum absolute atomic E-state index is 12.7. The molecule has 1 aliphatic carbocycles. The van der Waals surface area contributed by atoms with Gasteiger partial charge in [0, 0.05) is 4.88 Å². The zero-order chi connectivity index (χ0) is 15.1. The molecule has 1 aliphatic rings. The molecule has 0 aromatic carbocycles. The van der Waals surface area contributed by atoms with Crippen LogP contribution >= 0.6 is 11.3 Å². The van der Waals surface area contributed by atoms with E-state index >= 15 is 0 Å². The third-order valence-corrected chi connectivity index (χ3v) is 5.40. The number of carboxylic acid groups (broad SMARTS) is 1. The van der Waals surface area contributed by atoms with Gasteiger partial charge in [0.15, 0.2) is 0 Å². The third-order valence-electron chi connectivity index (χ3n) is 4.24. The molecule has 0 amide bonds. The molecule has 0 radical (unpaired) electrons. The fourth-order valence-corrected chi connectivity index (χ4v) is 4.38. The van der Waals surface area contributed by atoms with Gasteiger partial charge in [-0.1, -0.05) is 13.8 Å². The van der Waals surface area contributed by atoms with Crippen molar-refractivity contribution >= 4 is 27.5 Å². The smallest absolute Gasteiger partial charge is 0.262 e. The van der Waals surface area contributed by atoms with Crippen molar-refractivity contribution in [3.8, 4) is 0 Å². The van der Waals surface area contributed by atoms with Gasteiger partial charge >= 0.3 is 0 Å². The number of aliphatic carboxylic acids is 1. The van der Waals surface area contributed by atoms with E-state index in [1.807, 2.05) is 0 Å². The second-order valence-electron chi connectivity index (χ2n) is 5.73. The van der Waals surface area contributed by atoms with Gasteiger partial charge in [-0.15, -0.1) is 11.3 Å². The van der Waals surface area contributed by atoms with E-state index in [0.29, 0.717) is 17.7 Å². The number of hydrogen-bond donors (Lipinski definition) is 0. The van der Waals surface area contributed by atoms with Crippen molar-refractivity contribution in [3.63, 3.8) is 0 Å². The van der Waals surface area contributed by atoms with Crippen LogP contribution in [0.25, 0.3) is 10.2 Å². The molecule has 2 atom stereocenters. The monoisotopic (exact) mass is 305 g/mol. The van der Waals surface area contributed by atoms with Crippen molar-refractivity contribution in [2.24, 2.45) is 5.92 Å². The summed E-state index contributed by atoms with van der Waals surface area (Å²) in [5, 5.41) is 11.8. The molecule has 0 unspecified atom stereocenters. The molecule has 0 fully saturated rings. The normalized spacial score (nSPS) is 19.4. The van der Waals surface area contributed by atoms with Crippen LogP contribution in [0.4, 0.5) is 0 Å². The zero-order valence-corrected chi connectivity index (χ0v) is 12.9. The summed E-state index contributed by atoms with van der Waals surface area (Å²) in [4.78, 5) is 30.1. The molecule has 0 spiro atoms. The summed E-state index contributed by atoms with van der Waals surface area (Å²) in [6.45, 7) is 3.93. The Hall–Kier alpha value is -1.69. The molecule has 2 heterocycles. The Balaban J connectivity index is 2.21. The first-order valence-corrected chi connectivity index (χ1v) is 8.06. The molecule has 0 N–H and O–H groups in total. The van der Waals surface area contributed by atoms with Gasteiger partial charge in [0.2, 0.25) is 0 Å². The van der Waals surface area contributed by atoms with Crippen LogP contribution in [0.1, 0.15) is 43.2 Å². The molecule has 2 aromatic rings. The van der Waals surface area contributed by atoms with Crippen LogP contribution in [0.3, 0.4) is 0 Å². The van der Waals surface area contributed by atoms with Gasteiger partial charge in [-0.2, -0.15) is 0 Å². The largest absolute Gasteiger partial charge is 0.548 e. The Morgan fingerprint density at radius 3 is 3.05 bits per heavy atom. The lowest BCUT2D eigenvalue weighted by Gasteiger charge is -2.19. The van der Waals surface area contributed by atoms with Crippen LogP contribution in [0.5, 0.6) is 0 Å². The molecular formula is C15H17N2O3S-. The second kappa shape index (κ2) is 5.26. The minimum Gasteiger partial charge on any atom is -0.548 e. The number of carbonyl (C=O) groups excluding carboxylic acids is 1. The summed E-state index contributed by atoms with van der Waals surface area (Å²) in [6.07, 6.45) is 4.57. The second-order valence-corrected chi connectivity index (χ2v) is 6.82. The van der Waals surface area contributed by atoms with Crippen molar-refractivity contribution in [2.45, 2.75) is 45.6 Å². The minimum atomic E-state index is -1.24. The number of carboxylic acids is 1. The summed E-state index contributed by atoms with van der Waals surface area (Å²) >= 11 is 1.57. The third kappa shape index (κ3) is 2.27. The van der Waals surface area contributed by atoms with E-state index in [-0.39, 0.29) is 5.56 Å². The van der Waals surface area contributed by atoms with E-state index in [9.17, 15) is 14.7 Å². The van der Waals surface area contributed by atoms with Gasteiger partial charge in [-0.25, -0.2) is 4.98 Å². The van der Waals surface area contributed by atoms with E-state index in [0.717, 1.165) is 29.7 Å². The standard InChI is InChI=1S/C15H18N2O3S/c1-3-10(15(19)20)17-7-16-13-12(14(17)18)9-5-4-8(2)6-11(9)21-13/h7-8,10H,3-6H2,1-2H3,(H,19,20)/p-1/t8-,10-/m1/s1. The van der Waals surface area contributed by atoms with Crippen molar-refractivity contribution < 1.29 is 9.90 Å². The Bertz CT molecular complexity index is 762. The number of fused-ring (bicyclic) bond motifs is 3. The van der Waals surface area contributed by atoms with Gasteiger partial charge in [0.1, 0.15) is 4.83 Å². The molecule has 6 heteroatoms. The Morgan fingerprint density at radius 2 is 2.38 bits per heavy atom. The maximum atomic E-state index is 12.7. The van der Waals surface area contributed by atoms with Crippen molar-refractivity contribution in [1.82, 2.24) is 9.55 Å². The van der Waals surface area contributed by atoms with Crippen LogP contribution in [0.2, 0.25) is 0 Å². The van der Waals surface area contributed by atoms with Gasteiger partial charge in [0.25, 0.3) is 5.56 Å². The first-order chi connectivity index (χ1) is 10.0. The van der Waals surface area contributed by atoms with E-state index in [2.05, 4.69) is 11.9 Å². The zero-order valence-electron chi connectivity index (χ0n) is 12.1. The van der Waals surface area contributed by atoms with Crippen LogP contribution in [0.15, 0.2) is 11.1 Å². The van der Waals surface area contributed by atoms with Crippen LogP contribution in [0, 0.1) is 5.92 Å². The van der Waals surface area contributed by atoms with Gasteiger partial charge in [0.05, 0.1) is 23.7 Å². The highest BCUT2D eigenvalue weighted by molar-refractivity contribution is 7.18. The number of rotatable bonds is 3. The number of aromatic nitrogens is 2. The molecule has 21 heavy (non-hydrogen) atoms. The predicted octanol–water partition coefficient (Wildman–Crippen LogP) is 1.28. The lowest BCUT2D eigenvalue weighted by molar-refractivity contribution is -0.310. The van der Waals surface area contributed by atoms with Crippen molar-refractivity contribution in [3.05, 3.63) is 27.1 Å². The fraction of sp³-hybridized carbons (Fsp3) is 0.533. The topological polar surface area (TPSA) is 75.0 Å². The average Bonchev–Trinajstić information content (AvgIpc) is 2.79. The average molecular weight is 305 g/mol. The van der Waals surface area contributed by atoms with E-state index in [1.165, 1.54) is 15.8 Å². The number of thiophene rings is 1. The summed E-state index contributed by atoms with van der Waals surface area (Å²) in [6, 6.07) is -0.951. The molecule has 0 aliphatic heterocycles. The maximum Gasteiger partial charge on any atom is 0.262 e. The molecule has 112 valence electrons. The van der Waals surface area contributed by atoms with Gasteiger partial charge < -0.3 is 9.90 Å². The fourth-order valence-electron chi connectivity index (χ4n) is 3.04. The summed E-state index contributed by atoms with van der Waals surface area (Å²) < 4.78 is 1.21. The van der Waals surface area contributed by atoms with E-state index in [4.69, 9.17) is 0 Å². The quantitative estimate of drug-likeness (QED) is 0.856. The Kier molecular flexibility index (Phi) is 3.57. The summed E-state index contributed by atoms with van der Waals surface area (Å²) in [5.41, 5.74) is 0.830. The molecule has 0 bridgehead atoms. The molecule has 2 aromatic heterocycles.